The van der Waals surface area contributed by atoms with Crippen LogP contribution in [0.25, 0.3) is 0 Å². The lowest BCUT2D eigenvalue weighted by Gasteiger charge is -2.35. The number of anilines is 2. The Morgan fingerprint density at radius 3 is 2.54 bits per heavy atom. The van der Waals surface area contributed by atoms with Crippen molar-refractivity contribution in [3.63, 3.8) is 0 Å². The monoisotopic (exact) mass is 542 g/mol. The molecule has 1 aliphatic rings. The summed E-state index contributed by atoms with van der Waals surface area (Å²) in [5.41, 5.74) is 0.713. The Morgan fingerprint density at radius 2 is 1.93 bits per heavy atom. The molecule has 1 saturated carbocycles. The number of rotatable bonds is 6. The minimum absolute atomic E-state index is 0.109. The quantitative estimate of drug-likeness (QED) is 0.267. The zero-order valence-electron chi connectivity index (χ0n) is 14.3. The Kier molecular flexibility index (Phi) is 6.65. The molecule has 1 fully saturated rings. The summed E-state index contributed by atoms with van der Waals surface area (Å²) in [6.07, 6.45) is 2.01. The maximum atomic E-state index is 14.5. The summed E-state index contributed by atoms with van der Waals surface area (Å²) in [5.74, 6) is -3.48. The second-order valence-corrected chi connectivity index (χ2v) is 8.52. The van der Waals surface area contributed by atoms with Gasteiger partial charge >= 0.3 is 0 Å². The fraction of sp³-hybridized carbons (Fsp3) is 0.278. The Morgan fingerprint density at radius 1 is 1.21 bits per heavy atom. The predicted octanol–water partition coefficient (Wildman–Crippen LogP) is 5.20. The van der Waals surface area contributed by atoms with E-state index in [2.05, 4.69) is 33.4 Å². The van der Waals surface area contributed by atoms with Crippen molar-refractivity contribution < 1.29 is 23.5 Å². The van der Waals surface area contributed by atoms with Crippen LogP contribution in [-0.2, 0) is 4.84 Å². The van der Waals surface area contributed by atoms with Crippen LogP contribution in [0.1, 0.15) is 29.6 Å². The third-order valence-electron chi connectivity index (χ3n) is 4.39. The van der Waals surface area contributed by atoms with Gasteiger partial charge in [-0.1, -0.05) is 23.2 Å². The molecule has 0 heterocycles. The maximum absolute atomic E-state index is 14.5. The molecular weight excluding hydrogens is 528 g/mol. The fourth-order valence-corrected chi connectivity index (χ4v) is 3.74. The van der Waals surface area contributed by atoms with Crippen molar-refractivity contribution in [2.24, 2.45) is 0 Å². The lowest BCUT2D eigenvalue weighted by molar-refractivity contribution is -0.113. The van der Waals surface area contributed by atoms with Gasteiger partial charge in [0, 0.05) is 3.57 Å². The number of halogens is 5. The molecule has 0 atom stereocenters. The highest BCUT2D eigenvalue weighted by Crippen LogP contribution is 2.34. The summed E-state index contributed by atoms with van der Waals surface area (Å²) >= 11 is 13.9. The summed E-state index contributed by atoms with van der Waals surface area (Å²) in [5, 5.41) is 12.3. The van der Waals surface area contributed by atoms with E-state index in [-0.39, 0.29) is 22.9 Å². The Hall–Kier alpha value is -1.20. The molecule has 10 heteroatoms. The molecular formula is C18H15Cl2F2IN2O3. The molecule has 0 saturated heterocycles. The van der Waals surface area contributed by atoms with Gasteiger partial charge in [0.2, 0.25) is 0 Å². The van der Waals surface area contributed by atoms with E-state index in [4.69, 9.17) is 28.0 Å². The molecule has 1 amide bonds. The molecule has 3 N–H and O–H groups in total. The minimum Gasteiger partial charge on any atom is -0.387 e. The number of nitrogens with one attached hydrogen (secondary N) is 2. The van der Waals surface area contributed by atoms with E-state index >= 15 is 0 Å². The molecule has 0 unspecified atom stereocenters. The number of hydrogen-bond donors (Lipinski definition) is 3. The van der Waals surface area contributed by atoms with Crippen LogP contribution in [0.5, 0.6) is 0 Å². The number of aliphatic hydroxyl groups is 1. The van der Waals surface area contributed by atoms with Crippen LogP contribution in [0, 0.1) is 15.2 Å². The zero-order chi connectivity index (χ0) is 20.5. The third-order valence-corrected chi connectivity index (χ3v) is 5.65. The maximum Gasteiger partial charge on any atom is 0.277 e. The van der Waals surface area contributed by atoms with Gasteiger partial charge in [-0.3, -0.25) is 9.63 Å². The molecule has 0 radical (unpaired) electrons. The van der Waals surface area contributed by atoms with E-state index in [0.717, 1.165) is 16.1 Å². The van der Waals surface area contributed by atoms with Crippen LogP contribution >= 0.6 is 45.8 Å². The lowest BCUT2D eigenvalue weighted by Crippen LogP contribution is -2.44. The van der Waals surface area contributed by atoms with Gasteiger partial charge in [0.05, 0.1) is 32.6 Å². The van der Waals surface area contributed by atoms with E-state index in [1.807, 2.05) is 0 Å². The summed E-state index contributed by atoms with van der Waals surface area (Å²) in [6.45, 7) is -0.109. The van der Waals surface area contributed by atoms with Crippen LogP contribution in [0.3, 0.4) is 0 Å². The van der Waals surface area contributed by atoms with E-state index in [0.29, 0.717) is 12.8 Å². The molecule has 0 bridgehead atoms. The van der Waals surface area contributed by atoms with Crippen LogP contribution in [-0.4, -0.2) is 23.2 Å². The average molecular weight is 543 g/mol. The first-order valence-electron chi connectivity index (χ1n) is 8.24. The first-order valence-corrected chi connectivity index (χ1v) is 10.1. The van der Waals surface area contributed by atoms with Gasteiger partial charge in [0.1, 0.15) is 6.61 Å². The number of hydroxylamine groups is 1. The van der Waals surface area contributed by atoms with Gasteiger partial charge in [-0.15, -0.1) is 0 Å². The van der Waals surface area contributed by atoms with Gasteiger partial charge < -0.3 is 10.4 Å². The van der Waals surface area contributed by atoms with Crippen LogP contribution in [0.2, 0.25) is 10.0 Å². The Labute approximate surface area is 183 Å². The van der Waals surface area contributed by atoms with E-state index in [1.165, 1.54) is 0 Å². The number of hydrogen-bond acceptors (Lipinski definition) is 4. The average Bonchev–Trinajstić information content (AvgIpc) is 2.62. The Bertz CT molecular complexity index is 926. The van der Waals surface area contributed by atoms with Gasteiger partial charge in [-0.05, 0) is 66.1 Å². The van der Waals surface area contributed by atoms with Crippen molar-refractivity contribution in [3.8, 4) is 0 Å². The zero-order valence-corrected chi connectivity index (χ0v) is 18.0. The first-order chi connectivity index (χ1) is 13.2. The first kappa shape index (κ1) is 21.5. The topological polar surface area (TPSA) is 70.6 Å². The highest BCUT2D eigenvalue weighted by atomic mass is 127. The lowest BCUT2D eigenvalue weighted by atomic mass is 9.81. The predicted molar refractivity (Wildman–Crippen MR) is 111 cm³/mol. The molecule has 5 nitrogen and oxygen atoms in total. The molecule has 2 aromatic carbocycles. The number of carbonyl (C=O) groups excluding carboxylic acids is 1. The van der Waals surface area contributed by atoms with Crippen molar-refractivity contribution in [2.75, 3.05) is 11.9 Å². The summed E-state index contributed by atoms with van der Waals surface area (Å²) < 4.78 is 29.4. The largest absolute Gasteiger partial charge is 0.387 e. The fourth-order valence-electron chi connectivity index (χ4n) is 2.64. The van der Waals surface area contributed by atoms with E-state index in [9.17, 15) is 18.7 Å². The van der Waals surface area contributed by atoms with Crippen molar-refractivity contribution in [1.29, 1.82) is 0 Å². The smallest absolute Gasteiger partial charge is 0.277 e. The highest BCUT2D eigenvalue weighted by molar-refractivity contribution is 14.1. The minimum atomic E-state index is -1.33. The summed E-state index contributed by atoms with van der Waals surface area (Å²) in [4.78, 5) is 17.5. The van der Waals surface area contributed by atoms with Gasteiger partial charge in [0.25, 0.3) is 5.91 Å². The van der Waals surface area contributed by atoms with Crippen LogP contribution < -0.4 is 10.8 Å². The van der Waals surface area contributed by atoms with Crippen molar-refractivity contribution in [2.45, 2.75) is 24.9 Å². The summed E-state index contributed by atoms with van der Waals surface area (Å²) in [7, 11) is 0. The molecule has 0 aromatic heterocycles. The third kappa shape index (κ3) is 4.68. The SMILES string of the molecule is O=C(NOCC1(O)CCC1)c1cc(Cl)c(F)c(F)c1Nc1ccc(I)cc1Cl. The number of benzene rings is 2. The van der Waals surface area contributed by atoms with Crippen LogP contribution in [0.4, 0.5) is 20.2 Å². The molecule has 2 aromatic rings. The van der Waals surface area contributed by atoms with Crippen LogP contribution in [0.15, 0.2) is 24.3 Å². The molecule has 28 heavy (non-hydrogen) atoms. The van der Waals surface area contributed by atoms with E-state index < -0.39 is 33.9 Å². The standard InChI is InChI=1S/C18H15Cl2F2IN2O3/c19-11-6-9(23)2-3-13(11)24-16-10(7-12(20)14(21)15(16)22)17(26)25-28-8-18(27)4-1-5-18/h2-3,6-7,24,27H,1,4-5,8H2,(H,25,26). The van der Waals surface area contributed by atoms with Crippen molar-refractivity contribution in [1.82, 2.24) is 5.48 Å². The second kappa shape index (κ2) is 8.66. The molecule has 3 rings (SSSR count). The number of amides is 1. The number of carbonyl (C=O) groups is 1. The highest BCUT2D eigenvalue weighted by Gasteiger charge is 2.35. The molecule has 150 valence electrons. The molecule has 1 aliphatic carbocycles. The van der Waals surface area contributed by atoms with Gasteiger partial charge in [0.15, 0.2) is 11.6 Å². The van der Waals surface area contributed by atoms with Gasteiger partial charge in [-0.2, -0.15) is 0 Å². The normalized spacial score (nSPS) is 15.1. The Balaban J connectivity index is 1.85. The second-order valence-electron chi connectivity index (χ2n) is 6.46. The summed E-state index contributed by atoms with van der Waals surface area (Å²) in [6, 6.07) is 5.89. The van der Waals surface area contributed by atoms with Crippen molar-refractivity contribution in [3.05, 3.63) is 55.1 Å². The van der Waals surface area contributed by atoms with E-state index in [1.54, 1.807) is 18.2 Å². The molecule has 0 spiro atoms. The van der Waals surface area contributed by atoms with Gasteiger partial charge in [-0.25, -0.2) is 14.3 Å². The van der Waals surface area contributed by atoms with Crippen molar-refractivity contribution >= 4 is 63.1 Å². The molecule has 0 aliphatic heterocycles.